The van der Waals surface area contributed by atoms with Gasteiger partial charge in [0, 0.05) is 6.61 Å². The van der Waals surface area contributed by atoms with Crippen LogP contribution in [0.5, 0.6) is 0 Å². The topological polar surface area (TPSA) is 29.5 Å². The highest BCUT2D eigenvalue weighted by atomic mass is 16.5. The molecule has 0 aliphatic heterocycles. The van der Waals surface area contributed by atoms with Crippen LogP contribution in [0, 0.1) is 0 Å². The second-order valence-corrected chi connectivity index (χ2v) is 2.53. The van der Waals surface area contributed by atoms with Gasteiger partial charge in [0.15, 0.2) is 0 Å². The summed E-state index contributed by atoms with van der Waals surface area (Å²) in [5.41, 5.74) is 0. The number of hydrogen-bond acceptors (Lipinski definition) is 2. The molecule has 0 rings (SSSR count). The summed E-state index contributed by atoms with van der Waals surface area (Å²) in [6, 6.07) is 0. The van der Waals surface area contributed by atoms with Crippen LogP contribution in [0.2, 0.25) is 0 Å². The lowest BCUT2D eigenvalue weighted by molar-refractivity contribution is 0.282. The molecular formula is C9H18O2. The molecule has 0 radical (unpaired) electrons. The normalized spacial score (nSPS) is 10.7. The molecule has 0 saturated carbocycles. The summed E-state index contributed by atoms with van der Waals surface area (Å²) in [6.07, 6.45) is 9.30. The monoisotopic (exact) mass is 158 g/mol. The highest BCUT2D eigenvalue weighted by molar-refractivity contribution is 4.72. The Labute approximate surface area is 68.9 Å². The molecule has 0 heterocycles. The summed E-state index contributed by atoms with van der Waals surface area (Å²) in [5.74, 6) is 0. The van der Waals surface area contributed by atoms with Gasteiger partial charge >= 0.3 is 0 Å². The zero-order valence-electron chi connectivity index (χ0n) is 7.25. The van der Waals surface area contributed by atoms with E-state index in [9.17, 15) is 0 Å². The van der Waals surface area contributed by atoms with Gasteiger partial charge in [0.05, 0.1) is 13.4 Å². The van der Waals surface area contributed by atoms with Crippen LogP contribution < -0.4 is 0 Å². The Kier molecular flexibility index (Phi) is 9.07. The first kappa shape index (κ1) is 10.5. The fourth-order valence-corrected chi connectivity index (χ4v) is 0.892. The van der Waals surface area contributed by atoms with E-state index in [-0.39, 0.29) is 0 Å². The number of unbranched alkanes of at least 4 members (excludes halogenated alkanes) is 4. The summed E-state index contributed by atoms with van der Waals surface area (Å²) < 4.78 is 4.75. The Morgan fingerprint density at radius 2 is 1.91 bits per heavy atom. The van der Waals surface area contributed by atoms with Gasteiger partial charge in [0.25, 0.3) is 0 Å². The first-order valence-corrected chi connectivity index (χ1v) is 4.20. The number of ether oxygens (including phenoxy) is 1. The number of allylic oxidation sites excluding steroid dienone is 1. The quantitative estimate of drug-likeness (QED) is 0.454. The minimum atomic E-state index is 0.327. The lowest BCUT2D eigenvalue weighted by Gasteiger charge is -1.95. The molecule has 0 aliphatic rings. The Hall–Kier alpha value is -0.500. The standard InChI is InChI=1S/C9H18O2/c1-11-9-7-5-3-2-4-6-8-10/h7,9-10H,2-6,8H2,1H3. The van der Waals surface area contributed by atoms with E-state index in [0.717, 1.165) is 19.3 Å². The van der Waals surface area contributed by atoms with Crippen molar-refractivity contribution in [2.45, 2.75) is 32.1 Å². The van der Waals surface area contributed by atoms with Crippen LogP contribution in [0.25, 0.3) is 0 Å². The van der Waals surface area contributed by atoms with Crippen molar-refractivity contribution in [3.8, 4) is 0 Å². The molecule has 0 atom stereocenters. The highest BCUT2D eigenvalue weighted by Crippen LogP contribution is 2.02. The average molecular weight is 158 g/mol. The second kappa shape index (κ2) is 9.50. The summed E-state index contributed by atoms with van der Waals surface area (Å²) in [4.78, 5) is 0. The number of aliphatic hydroxyl groups is 1. The third kappa shape index (κ3) is 9.50. The van der Waals surface area contributed by atoms with E-state index in [1.165, 1.54) is 12.8 Å². The zero-order chi connectivity index (χ0) is 8.36. The number of rotatable bonds is 7. The summed E-state index contributed by atoms with van der Waals surface area (Å²) in [5, 5.41) is 8.47. The van der Waals surface area contributed by atoms with Gasteiger partial charge in [-0.2, -0.15) is 0 Å². The van der Waals surface area contributed by atoms with Crippen molar-refractivity contribution in [3.05, 3.63) is 12.3 Å². The first-order chi connectivity index (χ1) is 5.41. The number of aliphatic hydroxyl groups excluding tert-OH is 1. The molecule has 66 valence electrons. The van der Waals surface area contributed by atoms with Gasteiger partial charge in [0.2, 0.25) is 0 Å². The molecule has 0 saturated heterocycles. The largest absolute Gasteiger partial charge is 0.505 e. The number of methoxy groups -OCH3 is 1. The minimum Gasteiger partial charge on any atom is -0.505 e. The Bertz CT molecular complexity index is 89.6. The zero-order valence-corrected chi connectivity index (χ0v) is 7.25. The van der Waals surface area contributed by atoms with Gasteiger partial charge in [0.1, 0.15) is 0 Å². The van der Waals surface area contributed by atoms with Gasteiger partial charge in [-0.15, -0.1) is 0 Å². The Morgan fingerprint density at radius 1 is 1.18 bits per heavy atom. The van der Waals surface area contributed by atoms with Crippen molar-refractivity contribution < 1.29 is 9.84 Å². The summed E-state index contributed by atoms with van der Waals surface area (Å²) in [6.45, 7) is 0.327. The van der Waals surface area contributed by atoms with Crippen LogP contribution in [0.15, 0.2) is 12.3 Å². The third-order valence-corrected chi connectivity index (χ3v) is 1.51. The molecule has 2 nitrogen and oxygen atoms in total. The molecule has 0 aromatic heterocycles. The fourth-order valence-electron chi connectivity index (χ4n) is 0.892. The molecular weight excluding hydrogens is 140 g/mol. The molecule has 0 aromatic carbocycles. The van der Waals surface area contributed by atoms with E-state index in [4.69, 9.17) is 9.84 Å². The molecule has 0 bridgehead atoms. The SMILES string of the molecule is COC=CCCCCCCO. The van der Waals surface area contributed by atoms with Crippen LogP contribution in [-0.4, -0.2) is 18.8 Å². The molecule has 0 amide bonds. The fraction of sp³-hybridized carbons (Fsp3) is 0.778. The van der Waals surface area contributed by atoms with Crippen LogP contribution in [-0.2, 0) is 4.74 Å². The van der Waals surface area contributed by atoms with E-state index in [1.807, 2.05) is 6.08 Å². The van der Waals surface area contributed by atoms with E-state index in [2.05, 4.69) is 0 Å². The van der Waals surface area contributed by atoms with Crippen molar-refractivity contribution in [2.24, 2.45) is 0 Å². The van der Waals surface area contributed by atoms with Crippen molar-refractivity contribution in [1.29, 1.82) is 0 Å². The van der Waals surface area contributed by atoms with Crippen LogP contribution in [0.1, 0.15) is 32.1 Å². The molecule has 11 heavy (non-hydrogen) atoms. The third-order valence-electron chi connectivity index (χ3n) is 1.51. The lowest BCUT2D eigenvalue weighted by Crippen LogP contribution is -1.82. The first-order valence-electron chi connectivity index (χ1n) is 4.20. The second-order valence-electron chi connectivity index (χ2n) is 2.53. The van der Waals surface area contributed by atoms with Crippen molar-refractivity contribution in [2.75, 3.05) is 13.7 Å². The Morgan fingerprint density at radius 3 is 2.55 bits per heavy atom. The van der Waals surface area contributed by atoms with Crippen LogP contribution in [0.3, 0.4) is 0 Å². The maximum Gasteiger partial charge on any atom is 0.0784 e. The number of hydrogen-bond donors (Lipinski definition) is 1. The molecule has 1 N–H and O–H groups in total. The molecule has 0 fully saturated rings. The molecule has 0 aromatic rings. The van der Waals surface area contributed by atoms with Gasteiger partial charge < -0.3 is 9.84 Å². The molecule has 2 heteroatoms. The van der Waals surface area contributed by atoms with Crippen LogP contribution >= 0.6 is 0 Å². The average Bonchev–Trinajstić information content (AvgIpc) is 2.03. The van der Waals surface area contributed by atoms with Gasteiger partial charge in [-0.3, -0.25) is 0 Å². The molecule has 0 aliphatic carbocycles. The van der Waals surface area contributed by atoms with Crippen molar-refractivity contribution in [3.63, 3.8) is 0 Å². The van der Waals surface area contributed by atoms with Gasteiger partial charge in [-0.1, -0.05) is 12.8 Å². The maximum absolute atomic E-state index is 8.47. The predicted octanol–water partition coefficient (Wildman–Crippen LogP) is 2.09. The smallest absolute Gasteiger partial charge is 0.0784 e. The minimum absolute atomic E-state index is 0.327. The molecule has 0 unspecified atom stereocenters. The van der Waals surface area contributed by atoms with Gasteiger partial charge in [-0.05, 0) is 25.3 Å². The van der Waals surface area contributed by atoms with Crippen LogP contribution in [0.4, 0.5) is 0 Å². The predicted molar refractivity (Wildman–Crippen MR) is 46.3 cm³/mol. The highest BCUT2D eigenvalue weighted by Gasteiger charge is 1.86. The van der Waals surface area contributed by atoms with Crippen molar-refractivity contribution >= 4 is 0 Å². The van der Waals surface area contributed by atoms with E-state index in [0.29, 0.717) is 6.61 Å². The van der Waals surface area contributed by atoms with E-state index in [1.54, 1.807) is 13.4 Å². The summed E-state index contributed by atoms with van der Waals surface area (Å²) in [7, 11) is 1.66. The maximum atomic E-state index is 8.47. The molecule has 0 spiro atoms. The van der Waals surface area contributed by atoms with Gasteiger partial charge in [-0.25, -0.2) is 0 Å². The van der Waals surface area contributed by atoms with E-state index < -0.39 is 0 Å². The summed E-state index contributed by atoms with van der Waals surface area (Å²) >= 11 is 0. The Balaban J connectivity index is 2.85. The van der Waals surface area contributed by atoms with E-state index >= 15 is 0 Å². The van der Waals surface area contributed by atoms with Crippen molar-refractivity contribution in [1.82, 2.24) is 0 Å². The lowest BCUT2D eigenvalue weighted by atomic mass is 10.1.